The third-order valence-corrected chi connectivity index (χ3v) is 3.82. The van der Waals surface area contributed by atoms with Crippen LogP contribution in [-0.4, -0.2) is 23.7 Å². The SMILES string of the molecule is CCCCOc1ccccc1C(=O)NC(=S)Nc1ccccc1OC(C)C. The highest BCUT2D eigenvalue weighted by molar-refractivity contribution is 7.80. The van der Waals surface area contributed by atoms with E-state index in [2.05, 4.69) is 17.6 Å². The number of nitrogens with one attached hydrogen (secondary N) is 2. The first kappa shape index (κ1) is 20.7. The number of amides is 1. The molecule has 0 aromatic heterocycles. The van der Waals surface area contributed by atoms with Gasteiger partial charge in [-0.25, -0.2) is 0 Å². The van der Waals surface area contributed by atoms with Crippen LogP contribution >= 0.6 is 12.2 Å². The highest BCUT2D eigenvalue weighted by atomic mass is 32.1. The van der Waals surface area contributed by atoms with Gasteiger partial charge in [0, 0.05) is 0 Å². The third-order valence-electron chi connectivity index (χ3n) is 3.61. The highest BCUT2D eigenvalue weighted by Crippen LogP contribution is 2.25. The molecule has 0 aliphatic carbocycles. The Morgan fingerprint density at radius 1 is 1.07 bits per heavy atom. The number of hydrogen-bond donors (Lipinski definition) is 2. The maximum absolute atomic E-state index is 12.6. The van der Waals surface area contributed by atoms with Crippen LogP contribution < -0.4 is 20.1 Å². The number of carbonyl (C=O) groups excluding carboxylic acids is 1. The van der Waals surface area contributed by atoms with Crippen LogP contribution in [0.1, 0.15) is 44.0 Å². The van der Waals surface area contributed by atoms with Gasteiger partial charge in [0.25, 0.3) is 5.91 Å². The summed E-state index contributed by atoms with van der Waals surface area (Å²) in [4.78, 5) is 12.6. The number of anilines is 1. The van der Waals surface area contributed by atoms with Crippen LogP contribution in [0.2, 0.25) is 0 Å². The van der Waals surface area contributed by atoms with E-state index in [9.17, 15) is 4.79 Å². The van der Waals surface area contributed by atoms with Gasteiger partial charge in [-0.2, -0.15) is 0 Å². The van der Waals surface area contributed by atoms with Crippen LogP contribution in [-0.2, 0) is 0 Å². The number of rotatable bonds is 8. The molecule has 1 amide bonds. The molecule has 5 nitrogen and oxygen atoms in total. The summed E-state index contributed by atoms with van der Waals surface area (Å²) in [5.41, 5.74) is 1.15. The summed E-state index contributed by atoms with van der Waals surface area (Å²) in [6, 6.07) is 14.6. The molecular weight excluding hydrogens is 360 g/mol. The molecule has 0 aliphatic heterocycles. The molecule has 144 valence electrons. The van der Waals surface area contributed by atoms with E-state index in [0.717, 1.165) is 12.8 Å². The quantitative estimate of drug-likeness (QED) is 0.505. The van der Waals surface area contributed by atoms with Crippen LogP contribution in [0.3, 0.4) is 0 Å². The average molecular weight is 387 g/mol. The number of thiocarbonyl (C=S) groups is 1. The first-order chi connectivity index (χ1) is 13.0. The number of unbranched alkanes of at least 4 members (excludes halogenated alkanes) is 1. The van der Waals surface area contributed by atoms with E-state index in [-0.39, 0.29) is 17.1 Å². The lowest BCUT2D eigenvalue weighted by Gasteiger charge is -2.16. The number of ether oxygens (including phenoxy) is 2. The van der Waals surface area contributed by atoms with Gasteiger partial charge in [-0.1, -0.05) is 37.6 Å². The lowest BCUT2D eigenvalue weighted by Crippen LogP contribution is -2.34. The van der Waals surface area contributed by atoms with Gasteiger partial charge in [0.2, 0.25) is 0 Å². The fourth-order valence-electron chi connectivity index (χ4n) is 2.36. The minimum absolute atomic E-state index is 0.0308. The number of hydrogen-bond acceptors (Lipinski definition) is 4. The molecule has 0 atom stereocenters. The Kier molecular flexibility index (Phi) is 8.07. The Bertz CT molecular complexity index is 778. The first-order valence-electron chi connectivity index (χ1n) is 9.11. The molecule has 0 heterocycles. The second-order valence-corrected chi connectivity index (χ2v) is 6.68. The van der Waals surface area contributed by atoms with Crippen LogP contribution in [0.4, 0.5) is 5.69 Å². The van der Waals surface area contributed by atoms with Crippen molar-refractivity contribution in [1.82, 2.24) is 5.32 Å². The van der Waals surface area contributed by atoms with E-state index in [1.165, 1.54) is 0 Å². The van der Waals surface area contributed by atoms with Crippen LogP contribution in [0.5, 0.6) is 11.5 Å². The zero-order chi connectivity index (χ0) is 19.6. The van der Waals surface area contributed by atoms with Crippen molar-refractivity contribution in [2.75, 3.05) is 11.9 Å². The second kappa shape index (κ2) is 10.5. The Labute approximate surface area is 166 Å². The molecule has 6 heteroatoms. The lowest BCUT2D eigenvalue weighted by atomic mass is 10.2. The normalized spacial score (nSPS) is 10.4. The molecule has 0 saturated heterocycles. The summed E-state index contributed by atoms with van der Waals surface area (Å²) >= 11 is 5.30. The zero-order valence-electron chi connectivity index (χ0n) is 16.0. The predicted octanol–water partition coefficient (Wildman–Crippen LogP) is 4.78. The minimum Gasteiger partial charge on any atom is -0.493 e. The Balaban J connectivity index is 2.04. The summed E-state index contributed by atoms with van der Waals surface area (Å²) in [5.74, 6) is 0.907. The average Bonchev–Trinajstić information content (AvgIpc) is 2.63. The second-order valence-electron chi connectivity index (χ2n) is 6.27. The summed E-state index contributed by atoms with van der Waals surface area (Å²) in [6.45, 7) is 6.56. The maximum atomic E-state index is 12.6. The Morgan fingerprint density at radius 3 is 2.44 bits per heavy atom. The van der Waals surface area contributed by atoms with Gasteiger partial charge in [-0.15, -0.1) is 0 Å². The molecule has 2 rings (SSSR count). The minimum atomic E-state index is -0.318. The molecule has 0 saturated carbocycles. The van der Waals surface area contributed by atoms with Crippen molar-refractivity contribution in [3.05, 3.63) is 54.1 Å². The van der Waals surface area contributed by atoms with E-state index >= 15 is 0 Å². The van der Waals surface area contributed by atoms with Gasteiger partial charge in [-0.3, -0.25) is 10.1 Å². The summed E-state index contributed by atoms with van der Waals surface area (Å²) in [7, 11) is 0. The molecule has 0 aliphatic rings. The van der Waals surface area contributed by atoms with Crippen molar-refractivity contribution in [3.63, 3.8) is 0 Å². The maximum Gasteiger partial charge on any atom is 0.261 e. The molecule has 0 unspecified atom stereocenters. The van der Waals surface area contributed by atoms with E-state index in [4.69, 9.17) is 21.7 Å². The fourth-order valence-corrected chi connectivity index (χ4v) is 2.56. The fraction of sp³-hybridized carbons (Fsp3) is 0.333. The smallest absolute Gasteiger partial charge is 0.261 e. The lowest BCUT2D eigenvalue weighted by molar-refractivity contribution is 0.0973. The van der Waals surface area contributed by atoms with Gasteiger partial charge in [0.05, 0.1) is 24.0 Å². The van der Waals surface area contributed by atoms with Crippen LogP contribution in [0.15, 0.2) is 48.5 Å². The number of carbonyl (C=O) groups is 1. The monoisotopic (exact) mass is 386 g/mol. The highest BCUT2D eigenvalue weighted by Gasteiger charge is 2.14. The van der Waals surface area contributed by atoms with Crippen molar-refractivity contribution in [2.24, 2.45) is 0 Å². The zero-order valence-corrected chi connectivity index (χ0v) is 16.8. The van der Waals surface area contributed by atoms with Crippen molar-refractivity contribution in [2.45, 2.75) is 39.7 Å². The van der Waals surface area contributed by atoms with Gasteiger partial charge in [-0.05, 0) is 56.8 Å². The Hall–Kier alpha value is -2.60. The van der Waals surface area contributed by atoms with Crippen molar-refractivity contribution < 1.29 is 14.3 Å². The summed E-state index contributed by atoms with van der Waals surface area (Å²) in [6.07, 6.45) is 1.99. The van der Waals surface area contributed by atoms with Crippen molar-refractivity contribution >= 4 is 28.9 Å². The van der Waals surface area contributed by atoms with Crippen molar-refractivity contribution in [1.29, 1.82) is 0 Å². The molecule has 27 heavy (non-hydrogen) atoms. The predicted molar refractivity (Wildman–Crippen MR) is 113 cm³/mol. The standard InChI is InChI=1S/C21H26N2O3S/c1-4-5-14-25-18-12-8-6-10-16(18)20(24)23-21(27)22-17-11-7-9-13-19(17)26-15(2)3/h6-13,15H,4-5,14H2,1-3H3,(H2,22,23,24,27). The third kappa shape index (κ3) is 6.57. The summed E-state index contributed by atoms with van der Waals surface area (Å²) < 4.78 is 11.5. The molecule has 0 radical (unpaired) electrons. The van der Waals surface area contributed by atoms with E-state index in [1.54, 1.807) is 18.2 Å². The molecule has 0 bridgehead atoms. The molecule has 2 aromatic rings. The number of para-hydroxylation sites is 3. The van der Waals surface area contributed by atoms with Gasteiger partial charge >= 0.3 is 0 Å². The molecule has 0 fully saturated rings. The largest absolute Gasteiger partial charge is 0.493 e. The Morgan fingerprint density at radius 2 is 1.74 bits per heavy atom. The van der Waals surface area contributed by atoms with Gasteiger partial charge in [0.15, 0.2) is 5.11 Å². The topological polar surface area (TPSA) is 59.6 Å². The van der Waals surface area contributed by atoms with E-state index in [0.29, 0.717) is 29.4 Å². The van der Waals surface area contributed by atoms with Crippen molar-refractivity contribution in [3.8, 4) is 11.5 Å². The van der Waals surface area contributed by atoms with Gasteiger partial charge < -0.3 is 14.8 Å². The van der Waals surface area contributed by atoms with Gasteiger partial charge in [0.1, 0.15) is 11.5 Å². The first-order valence-corrected chi connectivity index (χ1v) is 9.52. The number of benzene rings is 2. The molecule has 0 spiro atoms. The molecule has 2 N–H and O–H groups in total. The summed E-state index contributed by atoms with van der Waals surface area (Å²) in [5, 5.41) is 5.92. The molecule has 2 aromatic carbocycles. The van der Waals surface area contributed by atoms with E-state index in [1.807, 2.05) is 44.2 Å². The van der Waals surface area contributed by atoms with Crippen LogP contribution in [0.25, 0.3) is 0 Å². The van der Waals surface area contributed by atoms with E-state index < -0.39 is 0 Å². The molecular formula is C21H26N2O3S. The van der Waals surface area contributed by atoms with Crippen LogP contribution in [0, 0.1) is 0 Å².